The van der Waals surface area contributed by atoms with Gasteiger partial charge in [-0.05, 0) is 42.2 Å². The van der Waals surface area contributed by atoms with Crippen LogP contribution in [0.25, 0.3) is 0 Å². The van der Waals surface area contributed by atoms with Crippen molar-refractivity contribution in [3.63, 3.8) is 0 Å². The van der Waals surface area contributed by atoms with Gasteiger partial charge in [0.05, 0.1) is 13.5 Å². The molecule has 2 amide bonds. The number of hydrogen-bond donors (Lipinski definition) is 0. The van der Waals surface area contributed by atoms with Gasteiger partial charge in [0.1, 0.15) is 11.8 Å². The Labute approximate surface area is 195 Å². The van der Waals surface area contributed by atoms with Crippen LogP contribution < -0.4 is 4.74 Å². The first-order chi connectivity index (χ1) is 16.0. The molecule has 170 valence electrons. The molecule has 0 spiro atoms. The molecule has 33 heavy (non-hydrogen) atoms. The minimum atomic E-state index is -0.444. The Balaban J connectivity index is 1.53. The quantitative estimate of drug-likeness (QED) is 0.520. The van der Waals surface area contributed by atoms with Crippen LogP contribution in [0.3, 0.4) is 0 Å². The lowest BCUT2D eigenvalue weighted by molar-refractivity contribution is -0.142. The van der Waals surface area contributed by atoms with Crippen LogP contribution in [-0.4, -0.2) is 41.3 Å². The summed E-state index contributed by atoms with van der Waals surface area (Å²) >= 11 is 0. The molecule has 3 aromatic rings. The van der Waals surface area contributed by atoms with Gasteiger partial charge in [0.2, 0.25) is 11.8 Å². The van der Waals surface area contributed by atoms with E-state index in [1.807, 2.05) is 90.7 Å². The molecule has 1 aliphatic rings. The van der Waals surface area contributed by atoms with Crippen LogP contribution in [0.5, 0.6) is 5.75 Å². The highest BCUT2D eigenvalue weighted by Crippen LogP contribution is 2.23. The molecule has 1 saturated heterocycles. The van der Waals surface area contributed by atoms with Crippen molar-refractivity contribution in [1.82, 2.24) is 9.80 Å². The number of benzene rings is 3. The molecule has 0 aromatic heterocycles. The van der Waals surface area contributed by atoms with Crippen molar-refractivity contribution in [2.75, 3.05) is 13.7 Å². The maximum atomic E-state index is 13.5. The van der Waals surface area contributed by atoms with Gasteiger partial charge in [-0.1, -0.05) is 72.3 Å². The van der Waals surface area contributed by atoms with Crippen molar-refractivity contribution in [2.45, 2.75) is 38.9 Å². The third kappa shape index (κ3) is 5.61. The molecule has 5 heteroatoms. The highest BCUT2D eigenvalue weighted by atomic mass is 16.5. The third-order valence-electron chi connectivity index (χ3n) is 6.17. The average Bonchev–Trinajstić information content (AvgIpc) is 3.19. The van der Waals surface area contributed by atoms with E-state index in [1.165, 1.54) is 5.56 Å². The van der Waals surface area contributed by atoms with Crippen molar-refractivity contribution < 1.29 is 14.3 Å². The molecule has 0 N–H and O–H groups in total. The summed E-state index contributed by atoms with van der Waals surface area (Å²) < 4.78 is 5.22. The van der Waals surface area contributed by atoms with Gasteiger partial charge >= 0.3 is 0 Å². The molecule has 4 rings (SSSR count). The van der Waals surface area contributed by atoms with Gasteiger partial charge in [-0.15, -0.1) is 0 Å². The van der Waals surface area contributed by atoms with E-state index >= 15 is 0 Å². The van der Waals surface area contributed by atoms with E-state index in [4.69, 9.17) is 4.74 Å². The zero-order chi connectivity index (χ0) is 23.2. The fourth-order valence-corrected chi connectivity index (χ4v) is 4.25. The molecule has 1 unspecified atom stereocenters. The van der Waals surface area contributed by atoms with E-state index in [2.05, 4.69) is 0 Å². The minimum Gasteiger partial charge on any atom is -0.497 e. The number of amides is 2. The highest BCUT2D eigenvalue weighted by Gasteiger charge is 2.38. The van der Waals surface area contributed by atoms with Crippen molar-refractivity contribution in [3.05, 3.63) is 101 Å². The summed E-state index contributed by atoms with van der Waals surface area (Å²) in [6.45, 7) is 3.68. The van der Waals surface area contributed by atoms with Gasteiger partial charge in [0.25, 0.3) is 0 Å². The lowest BCUT2D eigenvalue weighted by Gasteiger charge is -2.29. The predicted molar refractivity (Wildman–Crippen MR) is 129 cm³/mol. The third-order valence-corrected chi connectivity index (χ3v) is 6.17. The topological polar surface area (TPSA) is 49.9 Å². The highest BCUT2D eigenvalue weighted by molar-refractivity contribution is 5.90. The van der Waals surface area contributed by atoms with Gasteiger partial charge < -0.3 is 14.5 Å². The van der Waals surface area contributed by atoms with Gasteiger partial charge in [0, 0.05) is 19.6 Å². The van der Waals surface area contributed by atoms with E-state index in [-0.39, 0.29) is 18.2 Å². The monoisotopic (exact) mass is 442 g/mol. The average molecular weight is 443 g/mol. The van der Waals surface area contributed by atoms with Crippen LogP contribution in [-0.2, 0) is 29.1 Å². The van der Waals surface area contributed by atoms with Crippen LogP contribution in [0.4, 0.5) is 0 Å². The number of ether oxygens (including phenoxy) is 1. The second-order valence-electron chi connectivity index (χ2n) is 8.58. The number of carbonyl (C=O) groups excluding carboxylic acids is 2. The molecule has 0 saturated carbocycles. The standard InChI is InChI=1S/C28H30N2O3/c1-21-8-10-24(11-9-21)20-30(27(31)18-22-12-14-25(33-2)15-13-22)26-16-17-29(28(26)32)19-23-6-4-3-5-7-23/h3-15,26H,16-20H2,1-2H3. The minimum absolute atomic E-state index is 0.0223. The molecule has 5 nitrogen and oxygen atoms in total. The van der Waals surface area contributed by atoms with Crippen LogP contribution in [0.1, 0.15) is 28.7 Å². The predicted octanol–water partition coefficient (Wildman–Crippen LogP) is 4.38. The Morgan fingerprint density at radius 1 is 0.939 bits per heavy atom. The van der Waals surface area contributed by atoms with Gasteiger partial charge in [0.15, 0.2) is 0 Å². The molecule has 0 radical (unpaired) electrons. The summed E-state index contributed by atoms with van der Waals surface area (Å²) in [5.41, 5.74) is 4.20. The van der Waals surface area contributed by atoms with Crippen molar-refractivity contribution in [1.29, 1.82) is 0 Å². The summed E-state index contributed by atoms with van der Waals surface area (Å²) in [7, 11) is 1.62. The van der Waals surface area contributed by atoms with E-state index in [0.717, 1.165) is 22.4 Å². The smallest absolute Gasteiger partial charge is 0.245 e. The van der Waals surface area contributed by atoms with E-state index in [9.17, 15) is 9.59 Å². The molecule has 1 atom stereocenters. The van der Waals surface area contributed by atoms with Crippen LogP contribution >= 0.6 is 0 Å². The number of nitrogens with zero attached hydrogens (tertiary/aromatic N) is 2. The first-order valence-electron chi connectivity index (χ1n) is 11.3. The lowest BCUT2D eigenvalue weighted by atomic mass is 10.1. The SMILES string of the molecule is COc1ccc(CC(=O)N(Cc2ccc(C)cc2)C2CCN(Cc3ccccc3)C2=O)cc1. The number of aryl methyl sites for hydroxylation is 1. The Hall–Kier alpha value is -3.60. The Kier molecular flexibility index (Phi) is 7.08. The van der Waals surface area contributed by atoms with Crippen molar-refractivity contribution in [3.8, 4) is 5.75 Å². The second-order valence-corrected chi connectivity index (χ2v) is 8.58. The van der Waals surface area contributed by atoms with Crippen LogP contribution in [0.15, 0.2) is 78.9 Å². The molecular weight excluding hydrogens is 412 g/mol. The second kappa shape index (κ2) is 10.3. The summed E-state index contributed by atoms with van der Waals surface area (Å²) in [4.78, 5) is 30.4. The van der Waals surface area contributed by atoms with Gasteiger partial charge in [-0.2, -0.15) is 0 Å². The number of hydrogen-bond acceptors (Lipinski definition) is 3. The van der Waals surface area contributed by atoms with Crippen molar-refractivity contribution >= 4 is 11.8 Å². The first-order valence-corrected chi connectivity index (χ1v) is 11.3. The van der Waals surface area contributed by atoms with E-state index in [1.54, 1.807) is 12.0 Å². The number of likely N-dealkylation sites (tertiary alicyclic amines) is 1. The maximum absolute atomic E-state index is 13.5. The fraction of sp³-hybridized carbons (Fsp3) is 0.286. The molecule has 1 heterocycles. The molecule has 1 fully saturated rings. The largest absolute Gasteiger partial charge is 0.497 e. The molecule has 0 bridgehead atoms. The normalized spacial score (nSPS) is 15.5. The number of rotatable bonds is 8. The maximum Gasteiger partial charge on any atom is 0.245 e. The summed E-state index contributed by atoms with van der Waals surface area (Å²) in [5.74, 6) is 0.736. The Bertz CT molecular complexity index is 1080. The van der Waals surface area contributed by atoms with Gasteiger partial charge in [-0.25, -0.2) is 0 Å². The first kappa shape index (κ1) is 22.6. The number of methoxy groups -OCH3 is 1. The van der Waals surface area contributed by atoms with E-state index in [0.29, 0.717) is 26.1 Å². The molecule has 3 aromatic carbocycles. The Morgan fingerprint density at radius 3 is 2.27 bits per heavy atom. The molecular formula is C28H30N2O3. The zero-order valence-corrected chi connectivity index (χ0v) is 19.2. The number of carbonyl (C=O) groups is 2. The zero-order valence-electron chi connectivity index (χ0n) is 19.2. The Morgan fingerprint density at radius 2 is 1.61 bits per heavy atom. The fourth-order valence-electron chi connectivity index (χ4n) is 4.25. The van der Waals surface area contributed by atoms with Crippen LogP contribution in [0.2, 0.25) is 0 Å². The lowest BCUT2D eigenvalue weighted by Crippen LogP contribution is -2.45. The molecule has 1 aliphatic heterocycles. The summed E-state index contributed by atoms with van der Waals surface area (Å²) in [5, 5.41) is 0. The van der Waals surface area contributed by atoms with Crippen LogP contribution in [0, 0.1) is 6.92 Å². The summed E-state index contributed by atoms with van der Waals surface area (Å²) in [6.07, 6.45) is 0.893. The summed E-state index contributed by atoms with van der Waals surface area (Å²) in [6, 6.07) is 25.2. The van der Waals surface area contributed by atoms with Gasteiger partial charge in [-0.3, -0.25) is 9.59 Å². The molecule has 0 aliphatic carbocycles. The van der Waals surface area contributed by atoms with Crippen molar-refractivity contribution in [2.24, 2.45) is 0 Å². The van der Waals surface area contributed by atoms with E-state index < -0.39 is 6.04 Å².